The molecule has 1 amide bonds. The number of aromatic nitrogens is 2. The Morgan fingerprint density at radius 1 is 1.21 bits per heavy atom. The van der Waals surface area contributed by atoms with Crippen LogP contribution in [0.15, 0.2) is 12.1 Å². The molecule has 0 saturated carbocycles. The van der Waals surface area contributed by atoms with Crippen molar-refractivity contribution in [2.24, 2.45) is 0 Å². The second-order valence-corrected chi connectivity index (χ2v) is 4.95. The fourth-order valence-corrected chi connectivity index (χ4v) is 1.21. The van der Waals surface area contributed by atoms with Crippen molar-refractivity contribution in [2.75, 3.05) is 11.9 Å². The predicted molar refractivity (Wildman–Crippen MR) is 63.4 cm³/mol. The van der Waals surface area contributed by atoms with Crippen molar-refractivity contribution in [1.29, 1.82) is 0 Å². The summed E-state index contributed by atoms with van der Waals surface area (Å²) in [5.74, 6) is -0.175. The number of rotatable bonds is 3. The Bertz CT molecular complexity index is 437. The Morgan fingerprint density at radius 2 is 1.84 bits per heavy atom. The van der Waals surface area contributed by atoms with Gasteiger partial charge in [-0.05, 0) is 32.9 Å². The van der Waals surface area contributed by atoms with Gasteiger partial charge in [0.25, 0.3) is 0 Å². The molecule has 0 atom stereocenters. The average molecular weight is 276 g/mol. The zero-order chi connectivity index (χ0) is 14.7. The van der Waals surface area contributed by atoms with Gasteiger partial charge in [-0.2, -0.15) is 13.2 Å². The zero-order valence-electron chi connectivity index (χ0n) is 10.8. The minimum absolute atomic E-state index is 0.0860. The van der Waals surface area contributed by atoms with Crippen molar-refractivity contribution in [1.82, 2.24) is 15.5 Å². The lowest BCUT2D eigenvalue weighted by Gasteiger charge is -2.20. The van der Waals surface area contributed by atoms with E-state index >= 15 is 0 Å². The lowest BCUT2D eigenvalue weighted by Crippen LogP contribution is -2.43. The first kappa shape index (κ1) is 15.2. The molecule has 1 heterocycles. The lowest BCUT2D eigenvalue weighted by molar-refractivity contribution is -0.141. The van der Waals surface area contributed by atoms with Gasteiger partial charge < -0.3 is 10.6 Å². The molecule has 106 valence electrons. The molecule has 19 heavy (non-hydrogen) atoms. The molecule has 0 spiro atoms. The zero-order valence-corrected chi connectivity index (χ0v) is 10.8. The van der Waals surface area contributed by atoms with Crippen molar-refractivity contribution in [3.63, 3.8) is 0 Å². The van der Waals surface area contributed by atoms with Gasteiger partial charge in [0.15, 0.2) is 5.69 Å². The molecule has 0 bridgehead atoms. The highest BCUT2D eigenvalue weighted by molar-refractivity contribution is 5.80. The Hall–Kier alpha value is -1.86. The number of carbonyl (C=O) groups excluding carboxylic acids is 1. The first-order valence-electron chi connectivity index (χ1n) is 5.54. The van der Waals surface area contributed by atoms with Gasteiger partial charge in [0, 0.05) is 5.54 Å². The summed E-state index contributed by atoms with van der Waals surface area (Å²) in [5, 5.41) is 11.7. The van der Waals surface area contributed by atoms with E-state index in [0.717, 1.165) is 12.1 Å². The SMILES string of the molecule is CC(C)(C)NC(=O)CNc1ccc(C(F)(F)F)nn1. The van der Waals surface area contributed by atoms with E-state index in [2.05, 4.69) is 20.8 Å². The van der Waals surface area contributed by atoms with Crippen LogP contribution in [0.25, 0.3) is 0 Å². The summed E-state index contributed by atoms with van der Waals surface area (Å²) in [7, 11) is 0. The number of carbonyl (C=O) groups is 1. The van der Waals surface area contributed by atoms with E-state index in [1.165, 1.54) is 0 Å². The minimum atomic E-state index is -4.52. The molecule has 0 fully saturated rings. The van der Waals surface area contributed by atoms with Gasteiger partial charge in [0.05, 0.1) is 6.54 Å². The molecule has 0 saturated heterocycles. The summed E-state index contributed by atoms with van der Waals surface area (Å²) in [5.41, 5.74) is -1.44. The topological polar surface area (TPSA) is 66.9 Å². The maximum Gasteiger partial charge on any atom is 0.435 e. The number of nitrogens with zero attached hydrogens (tertiary/aromatic N) is 2. The molecule has 0 unspecified atom stereocenters. The monoisotopic (exact) mass is 276 g/mol. The summed E-state index contributed by atoms with van der Waals surface area (Å²) in [6.45, 7) is 5.38. The van der Waals surface area contributed by atoms with E-state index in [4.69, 9.17) is 0 Å². The van der Waals surface area contributed by atoms with Crippen molar-refractivity contribution in [3.8, 4) is 0 Å². The van der Waals surface area contributed by atoms with E-state index in [9.17, 15) is 18.0 Å². The first-order chi connectivity index (χ1) is 8.58. The number of halogens is 3. The predicted octanol–water partition coefficient (Wildman–Crippen LogP) is 1.82. The lowest BCUT2D eigenvalue weighted by atomic mass is 10.1. The van der Waals surface area contributed by atoms with Crippen LogP contribution in [0.5, 0.6) is 0 Å². The highest BCUT2D eigenvalue weighted by Crippen LogP contribution is 2.26. The van der Waals surface area contributed by atoms with E-state index in [1.54, 1.807) is 0 Å². The number of amides is 1. The van der Waals surface area contributed by atoms with Crippen molar-refractivity contribution in [3.05, 3.63) is 17.8 Å². The van der Waals surface area contributed by atoms with Crippen LogP contribution < -0.4 is 10.6 Å². The highest BCUT2D eigenvalue weighted by atomic mass is 19.4. The van der Waals surface area contributed by atoms with E-state index < -0.39 is 11.9 Å². The number of hydrogen-bond acceptors (Lipinski definition) is 4. The van der Waals surface area contributed by atoms with Gasteiger partial charge in [-0.25, -0.2) is 0 Å². The fraction of sp³-hybridized carbons (Fsp3) is 0.545. The Labute approximate surface area is 108 Å². The highest BCUT2D eigenvalue weighted by Gasteiger charge is 2.32. The molecule has 1 aromatic heterocycles. The first-order valence-corrected chi connectivity index (χ1v) is 5.54. The third-order valence-corrected chi connectivity index (χ3v) is 1.90. The van der Waals surface area contributed by atoms with Crippen LogP contribution in [0, 0.1) is 0 Å². The van der Waals surface area contributed by atoms with Crippen molar-refractivity contribution >= 4 is 11.7 Å². The number of alkyl halides is 3. The summed E-state index contributed by atoms with van der Waals surface area (Å²) in [6.07, 6.45) is -4.52. The minimum Gasteiger partial charge on any atom is -0.360 e. The molecule has 8 heteroatoms. The molecule has 0 aliphatic carbocycles. The molecule has 0 aliphatic rings. The second kappa shape index (κ2) is 5.41. The van der Waals surface area contributed by atoms with Crippen molar-refractivity contribution < 1.29 is 18.0 Å². The van der Waals surface area contributed by atoms with Crippen LogP contribution in [0.4, 0.5) is 19.0 Å². The van der Waals surface area contributed by atoms with Gasteiger partial charge in [0.1, 0.15) is 5.82 Å². The normalized spacial score (nSPS) is 12.1. The van der Waals surface area contributed by atoms with Crippen molar-refractivity contribution in [2.45, 2.75) is 32.5 Å². The second-order valence-electron chi connectivity index (χ2n) is 4.95. The third kappa shape index (κ3) is 5.54. The van der Waals surface area contributed by atoms with Crippen LogP contribution in [0.2, 0.25) is 0 Å². The molecule has 0 aliphatic heterocycles. The molecule has 5 nitrogen and oxygen atoms in total. The van der Waals surface area contributed by atoms with Crippen LogP contribution in [0.1, 0.15) is 26.5 Å². The van der Waals surface area contributed by atoms with Gasteiger partial charge >= 0.3 is 6.18 Å². The molecule has 0 aromatic carbocycles. The summed E-state index contributed by atoms with van der Waals surface area (Å²) in [6, 6.07) is 1.93. The maximum atomic E-state index is 12.2. The van der Waals surface area contributed by atoms with E-state index in [0.29, 0.717) is 0 Å². The molecule has 0 radical (unpaired) electrons. The van der Waals surface area contributed by atoms with Crippen LogP contribution >= 0.6 is 0 Å². The smallest absolute Gasteiger partial charge is 0.360 e. The molecule has 1 aromatic rings. The molecule has 1 rings (SSSR count). The Morgan fingerprint density at radius 3 is 2.26 bits per heavy atom. The van der Waals surface area contributed by atoms with Crippen LogP contribution in [0.3, 0.4) is 0 Å². The summed E-state index contributed by atoms with van der Waals surface area (Å²) >= 11 is 0. The summed E-state index contributed by atoms with van der Waals surface area (Å²) in [4.78, 5) is 11.5. The molecular formula is C11H15F3N4O. The average Bonchev–Trinajstić information content (AvgIpc) is 2.23. The van der Waals surface area contributed by atoms with E-state index in [-0.39, 0.29) is 23.8 Å². The third-order valence-electron chi connectivity index (χ3n) is 1.90. The van der Waals surface area contributed by atoms with Gasteiger partial charge in [0.2, 0.25) is 5.91 Å². The standard InChI is InChI=1S/C11H15F3N4O/c1-10(2,3)16-9(19)6-15-8-5-4-7(17-18-8)11(12,13)14/h4-5H,6H2,1-3H3,(H,15,18)(H,16,19). The van der Waals surface area contributed by atoms with Gasteiger partial charge in [-0.15, -0.1) is 10.2 Å². The number of nitrogens with one attached hydrogen (secondary N) is 2. The number of anilines is 1. The Kier molecular flexibility index (Phi) is 4.33. The largest absolute Gasteiger partial charge is 0.435 e. The van der Waals surface area contributed by atoms with Crippen LogP contribution in [-0.2, 0) is 11.0 Å². The Balaban J connectivity index is 2.53. The molecular weight excluding hydrogens is 261 g/mol. The maximum absolute atomic E-state index is 12.2. The van der Waals surface area contributed by atoms with Crippen LogP contribution in [-0.4, -0.2) is 28.2 Å². The fourth-order valence-electron chi connectivity index (χ4n) is 1.21. The summed E-state index contributed by atoms with van der Waals surface area (Å²) < 4.78 is 36.7. The van der Waals surface area contributed by atoms with E-state index in [1.807, 2.05) is 20.8 Å². The quantitative estimate of drug-likeness (QED) is 0.883. The number of hydrogen-bond donors (Lipinski definition) is 2. The molecule has 2 N–H and O–H groups in total. The van der Waals surface area contributed by atoms with Gasteiger partial charge in [-0.3, -0.25) is 4.79 Å². The van der Waals surface area contributed by atoms with Gasteiger partial charge in [-0.1, -0.05) is 0 Å².